The molecule has 1 aromatic carbocycles. The highest BCUT2D eigenvalue weighted by Gasteiger charge is 2.29. The number of hydrogen-bond donors (Lipinski definition) is 1. The molecule has 7 nitrogen and oxygen atoms in total. The number of nitriles is 1. The number of rotatable bonds is 5. The Morgan fingerprint density at radius 1 is 1.42 bits per heavy atom. The van der Waals surface area contributed by atoms with E-state index < -0.39 is 0 Å². The van der Waals surface area contributed by atoms with Crippen LogP contribution in [0.5, 0.6) is 5.75 Å². The molecule has 1 N–H and O–H groups in total. The van der Waals surface area contributed by atoms with Gasteiger partial charge in [0.2, 0.25) is 0 Å². The number of nitrogens with one attached hydrogen (secondary N) is 1. The van der Waals surface area contributed by atoms with Crippen LogP contribution < -0.4 is 10.1 Å². The Labute approximate surface area is 152 Å². The van der Waals surface area contributed by atoms with Gasteiger partial charge in [-0.05, 0) is 44.5 Å². The van der Waals surface area contributed by atoms with Gasteiger partial charge in [-0.2, -0.15) is 10.4 Å². The van der Waals surface area contributed by atoms with E-state index in [0.29, 0.717) is 36.5 Å². The van der Waals surface area contributed by atoms with Gasteiger partial charge in [0, 0.05) is 18.8 Å². The summed E-state index contributed by atoms with van der Waals surface area (Å²) in [7, 11) is 0. The second kappa shape index (κ2) is 8.02. The van der Waals surface area contributed by atoms with E-state index in [1.165, 1.54) is 0 Å². The summed E-state index contributed by atoms with van der Waals surface area (Å²) in [5.74, 6) is 0.476. The van der Waals surface area contributed by atoms with E-state index in [4.69, 9.17) is 14.7 Å². The molecule has 0 aliphatic carbocycles. The third-order valence-electron chi connectivity index (χ3n) is 4.28. The van der Waals surface area contributed by atoms with E-state index in [0.717, 1.165) is 0 Å². The van der Waals surface area contributed by atoms with Crippen LogP contribution in [0.4, 0.5) is 0 Å². The van der Waals surface area contributed by atoms with Crippen molar-refractivity contribution < 1.29 is 14.3 Å². The molecule has 1 fully saturated rings. The quantitative estimate of drug-likeness (QED) is 0.890. The van der Waals surface area contributed by atoms with Crippen molar-refractivity contribution in [3.63, 3.8) is 0 Å². The molecule has 0 saturated carbocycles. The molecule has 136 valence electrons. The summed E-state index contributed by atoms with van der Waals surface area (Å²) in [6.45, 7) is 4.99. The van der Waals surface area contributed by atoms with E-state index in [1.807, 2.05) is 13.8 Å². The topological polar surface area (TPSA) is 89.2 Å². The number of nitrogens with zero attached hydrogens (tertiary/aromatic N) is 3. The summed E-state index contributed by atoms with van der Waals surface area (Å²) in [6.07, 6.45) is 3.70. The molecule has 2 aromatic rings. The van der Waals surface area contributed by atoms with E-state index in [-0.39, 0.29) is 24.1 Å². The van der Waals surface area contributed by atoms with Gasteiger partial charge in [0.1, 0.15) is 11.9 Å². The number of aromatic nitrogens is 2. The summed E-state index contributed by atoms with van der Waals surface area (Å²) >= 11 is 0. The number of benzene rings is 1. The number of carbonyl (C=O) groups is 1. The molecule has 1 aliphatic heterocycles. The van der Waals surface area contributed by atoms with E-state index in [9.17, 15) is 4.79 Å². The SMILES string of the molecule is CC(C)n1cc(C(=O)N[C@@H]2CCOC[C@H]2Oc2ccc(C#N)cc2)cn1. The second-order valence-corrected chi connectivity index (χ2v) is 6.54. The molecule has 2 heterocycles. The van der Waals surface area contributed by atoms with Crippen molar-refractivity contribution >= 4 is 5.91 Å². The minimum Gasteiger partial charge on any atom is -0.486 e. The van der Waals surface area contributed by atoms with Crippen LogP contribution in [0.1, 0.15) is 42.2 Å². The lowest BCUT2D eigenvalue weighted by atomic mass is 10.1. The van der Waals surface area contributed by atoms with Crippen LogP contribution in [0.15, 0.2) is 36.7 Å². The Balaban J connectivity index is 1.65. The normalized spacial score (nSPS) is 19.8. The Kier molecular flexibility index (Phi) is 5.54. The standard InChI is InChI=1S/C19H22N4O3/c1-13(2)23-11-15(10-21-23)19(24)22-17-7-8-25-12-18(17)26-16-5-3-14(9-20)4-6-16/h3-6,10-11,13,17-18H,7-8,12H2,1-2H3,(H,22,24)/t17-,18-/m1/s1. The fourth-order valence-corrected chi connectivity index (χ4v) is 2.77. The average Bonchev–Trinajstić information content (AvgIpc) is 3.15. The molecular formula is C19H22N4O3. The van der Waals surface area contributed by atoms with Gasteiger partial charge in [-0.15, -0.1) is 0 Å². The lowest BCUT2D eigenvalue weighted by Crippen LogP contribution is -2.51. The predicted molar refractivity (Wildman–Crippen MR) is 94.9 cm³/mol. The van der Waals surface area contributed by atoms with Crippen molar-refractivity contribution in [1.82, 2.24) is 15.1 Å². The van der Waals surface area contributed by atoms with E-state index >= 15 is 0 Å². The molecule has 1 saturated heterocycles. The molecule has 3 rings (SSSR count). The van der Waals surface area contributed by atoms with E-state index in [1.54, 1.807) is 41.3 Å². The molecule has 0 spiro atoms. The van der Waals surface area contributed by atoms with Crippen LogP contribution in [0.2, 0.25) is 0 Å². The number of ether oxygens (including phenoxy) is 2. The first kappa shape index (κ1) is 18.0. The molecule has 26 heavy (non-hydrogen) atoms. The van der Waals surface area contributed by atoms with Crippen molar-refractivity contribution in [3.05, 3.63) is 47.8 Å². The van der Waals surface area contributed by atoms with Crippen molar-refractivity contribution in [2.24, 2.45) is 0 Å². The number of hydrogen-bond acceptors (Lipinski definition) is 5. The third kappa shape index (κ3) is 4.21. The fraction of sp³-hybridized carbons (Fsp3) is 0.421. The maximum absolute atomic E-state index is 12.5. The van der Waals surface area contributed by atoms with Gasteiger partial charge >= 0.3 is 0 Å². The van der Waals surface area contributed by atoms with Crippen LogP contribution in [-0.4, -0.2) is 41.0 Å². The number of carbonyl (C=O) groups excluding carboxylic acids is 1. The summed E-state index contributed by atoms with van der Waals surface area (Å²) in [5.41, 5.74) is 1.10. The minimum absolute atomic E-state index is 0.158. The van der Waals surface area contributed by atoms with Gasteiger partial charge in [0.25, 0.3) is 5.91 Å². The zero-order chi connectivity index (χ0) is 18.5. The third-order valence-corrected chi connectivity index (χ3v) is 4.28. The monoisotopic (exact) mass is 354 g/mol. The van der Waals surface area contributed by atoms with Gasteiger partial charge in [0.05, 0.1) is 36.0 Å². The largest absolute Gasteiger partial charge is 0.486 e. The van der Waals surface area contributed by atoms with Crippen LogP contribution >= 0.6 is 0 Å². The molecule has 2 atom stereocenters. The Morgan fingerprint density at radius 2 is 2.19 bits per heavy atom. The number of amides is 1. The lowest BCUT2D eigenvalue weighted by molar-refractivity contribution is -0.0135. The summed E-state index contributed by atoms with van der Waals surface area (Å²) in [6, 6.07) is 9.02. The van der Waals surface area contributed by atoms with Crippen LogP contribution in [0.3, 0.4) is 0 Å². The van der Waals surface area contributed by atoms with Gasteiger partial charge in [-0.1, -0.05) is 0 Å². The Morgan fingerprint density at radius 3 is 2.85 bits per heavy atom. The van der Waals surface area contributed by atoms with Gasteiger partial charge in [0.15, 0.2) is 0 Å². The highest BCUT2D eigenvalue weighted by Crippen LogP contribution is 2.19. The zero-order valence-electron chi connectivity index (χ0n) is 14.9. The fourth-order valence-electron chi connectivity index (χ4n) is 2.77. The first-order valence-electron chi connectivity index (χ1n) is 8.66. The molecular weight excluding hydrogens is 332 g/mol. The first-order valence-corrected chi connectivity index (χ1v) is 8.66. The summed E-state index contributed by atoms with van der Waals surface area (Å²) in [4.78, 5) is 12.5. The molecule has 0 radical (unpaired) electrons. The minimum atomic E-state index is -0.291. The van der Waals surface area contributed by atoms with Gasteiger partial charge in [-0.25, -0.2) is 0 Å². The van der Waals surface area contributed by atoms with Gasteiger partial charge in [-0.3, -0.25) is 9.48 Å². The van der Waals surface area contributed by atoms with Crippen molar-refractivity contribution in [2.45, 2.75) is 38.5 Å². The Bertz CT molecular complexity index is 792. The molecule has 1 aliphatic rings. The molecule has 1 amide bonds. The lowest BCUT2D eigenvalue weighted by Gasteiger charge is -2.32. The van der Waals surface area contributed by atoms with E-state index in [2.05, 4.69) is 16.5 Å². The second-order valence-electron chi connectivity index (χ2n) is 6.54. The molecule has 0 unspecified atom stereocenters. The smallest absolute Gasteiger partial charge is 0.254 e. The van der Waals surface area contributed by atoms with Crippen molar-refractivity contribution in [3.8, 4) is 11.8 Å². The highest BCUT2D eigenvalue weighted by atomic mass is 16.5. The van der Waals surface area contributed by atoms with Crippen LogP contribution in [0.25, 0.3) is 0 Å². The van der Waals surface area contributed by atoms with Crippen molar-refractivity contribution in [2.75, 3.05) is 13.2 Å². The predicted octanol–water partition coefficient (Wildman–Crippen LogP) is 2.30. The van der Waals surface area contributed by atoms with Gasteiger partial charge < -0.3 is 14.8 Å². The summed E-state index contributed by atoms with van der Waals surface area (Å²) in [5, 5.41) is 16.1. The molecule has 0 bridgehead atoms. The van der Waals surface area contributed by atoms with Crippen molar-refractivity contribution in [1.29, 1.82) is 5.26 Å². The molecule has 1 aromatic heterocycles. The first-order chi connectivity index (χ1) is 12.6. The maximum atomic E-state index is 12.5. The highest BCUT2D eigenvalue weighted by molar-refractivity contribution is 5.93. The van der Waals surface area contributed by atoms with Crippen LogP contribution in [-0.2, 0) is 4.74 Å². The maximum Gasteiger partial charge on any atom is 0.254 e. The average molecular weight is 354 g/mol. The Hall–Kier alpha value is -2.85. The molecule has 7 heteroatoms. The van der Waals surface area contributed by atoms with Crippen LogP contribution in [0, 0.1) is 11.3 Å². The zero-order valence-corrected chi connectivity index (χ0v) is 14.9. The summed E-state index contributed by atoms with van der Waals surface area (Å²) < 4.78 is 13.2.